The summed E-state index contributed by atoms with van der Waals surface area (Å²) in [5.74, 6) is -1.10. The van der Waals surface area contributed by atoms with Crippen LogP contribution in [0.15, 0.2) is 29.0 Å². The van der Waals surface area contributed by atoms with E-state index in [2.05, 4.69) is 4.98 Å². The molecule has 0 aliphatic rings. The van der Waals surface area contributed by atoms with Gasteiger partial charge in [0.2, 0.25) is 0 Å². The maximum absolute atomic E-state index is 10.6. The van der Waals surface area contributed by atoms with Gasteiger partial charge in [-0.05, 0) is 12.1 Å². The second-order valence-corrected chi connectivity index (χ2v) is 2.86. The highest BCUT2D eigenvalue weighted by molar-refractivity contribution is 5.84. The highest BCUT2D eigenvalue weighted by Gasteiger charge is 2.19. The van der Waals surface area contributed by atoms with E-state index in [1.165, 1.54) is 6.26 Å². The van der Waals surface area contributed by atoms with Crippen LogP contribution in [-0.4, -0.2) is 16.1 Å². The van der Waals surface area contributed by atoms with Crippen molar-refractivity contribution in [1.29, 1.82) is 0 Å². The molecule has 0 aromatic carbocycles. The first-order valence-corrected chi connectivity index (χ1v) is 4.00. The molecule has 72 valence electrons. The molecule has 2 aromatic heterocycles. The highest BCUT2D eigenvalue weighted by atomic mass is 16.4. The molecule has 0 amide bonds. The van der Waals surface area contributed by atoms with Gasteiger partial charge in [-0.15, -0.1) is 0 Å². The zero-order valence-corrected chi connectivity index (χ0v) is 7.18. The molecule has 3 N–H and O–H groups in total. The molecule has 1 atom stereocenters. The van der Waals surface area contributed by atoms with E-state index in [9.17, 15) is 4.79 Å². The van der Waals surface area contributed by atoms with Gasteiger partial charge in [0.05, 0.1) is 6.26 Å². The number of carboxylic acids is 1. The Morgan fingerprint density at radius 3 is 3.14 bits per heavy atom. The van der Waals surface area contributed by atoms with Crippen LogP contribution in [0.4, 0.5) is 0 Å². The van der Waals surface area contributed by atoms with Crippen molar-refractivity contribution in [2.45, 2.75) is 6.04 Å². The van der Waals surface area contributed by atoms with E-state index >= 15 is 0 Å². The number of carbonyl (C=O) groups is 1. The second kappa shape index (κ2) is 3.12. The number of nitrogens with two attached hydrogens (primary N) is 1. The van der Waals surface area contributed by atoms with E-state index in [4.69, 9.17) is 15.3 Å². The summed E-state index contributed by atoms with van der Waals surface area (Å²) in [5.41, 5.74) is 6.89. The average Bonchev–Trinajstić information content (AvgIpc) is 2.60. The minimum atomic E-state index is -1.10. The normalized spacial score (nSPS) is 12.9. The maximum Gasteiger partial charge on any atom is 0.325 e. The summed E-state index contributed by atoms with van der Waals surface area (Å²) in [6.45, 7) is 0. The van der Waals surface area contributed by atoms with E-state index < -0.39 is 12.0 Å². The molecule has 0 saturated carbocycles. The summed E-state index contributed by atoms with van der Waals surface area (Å²) in [5, 5.41) is 8.72. The van der Waals surface area contributed by atoms with E-state index in [-0.39, 0.29) is 0 Å². The Morgan fingerprint density at radius 2 is 2.43 bits per heavy atom. The highest BCUT2D eigenvalue weighted by Crippen LogP contribution is 2.22. The Morgan fingerprint density at radius 1 is 1.64 bits per heavy atom. The molecule has 5 nitrogen and oxygen atoms in total. The summed E-state index contributed by atoms with van der Waals surface area (Å²) in [6.07, 6.45) is 2.90. The maximum atomic E-state index is 10.6. The van der Waals surface area contributed by atoms with Crippen LogP contribution in [0.5, 0.6) is 0 Å². The molecule has 0 aliphatic carbocycles. The van der Waals surface area contributed by atoms with Crippen LogP contribution in [0.3, 0.4) is 0 Å². The Balaban J connectivity index is 2.58. The number of furan rings is 1. The quantitative estimate of drug-likeness (QED) is 0.738. The van der Waals surface area contributed by atoms with E-state index in [1.54, 1.807) is 18.3 Å². The largest absolute Gasteiger partial charge is 0.480 e. The number of aliphatic carboxylic acids is 1. The lowest BCUT2D eigenvalue weighted by Gasteiger charge is -2.01. The fourth-order valence-electron chi connectivity index (χ4n) is 1.24. The van der Waals surface area contributed by atoms with Crippen molar-refractivity contribution < 1.29 is 14.3 Å². The standard InChI is InChI=1S/C9H8N2O3/c10-7(9(12)13)5-4-14-6-2-1-3-11-8(5)6/h1-4,7H,10H2,(H,12,13). The Hall–Kier alpha value is -1.88. The fourth-order valence-corrected chi connectivity index (χ4v) is 1.24. The van der Waals surface area contributed by atoms with Crippen molar-refractivity contribution in [2.75, 3.05) is 0 Å². The third-order valence-electron chi connectivity index (χ3n) is 1.96. The summed E-state index contributed by atoms with van der Waals surface area (Å²) in [7, 11) is 0. The first kappa shape index (κ1) is 8.71. The summed E-state index contributed by atoms with van der Waals surface area (Å²) >= 11 is 0. The zero-order chi connectivity index (χ0) is 10.1. The average molecular weight is 192 g/mol. The minimum Gasteiger partial charge on any atom is -0.480 e. The first-order chi connectivity index (χ1) is 6.70. The van der Waals surface area contributed by atoms with Gasteiger partial charge in [0.15, 0.2) is 5.58 Å². The molecule has 2 heterocycles. The van der Waals surface area contributed by atoms with Gasteiger partial charge in [-0.1, -0.05) is 0 Å². The predicted octanol–water partition coefficient (Wildman–Crippen LogP) is 0.912. The Bertz CT molecular complexity index is 478. The molecule has 2 rings (SSSR count). The van der Waals surface area contributed by atoms with E-state index in [0.29, 0.717) is 16.7 Å². The van der Waals surface area contributed by atoms with Crippen LogP contribution in [0.1, 0.15) is 11.6 Å². The fraction of sp³-hybridized carbons (Fsp3) is 0.111. The number of hydrogen-bond donors (Lipinski definition) is 2. The van der Waals surface area contributed by atoms with Gasteiger partial charge in [-0.2, -0.15) is 0 Å². The SMILES string of the molecule is NC(C(=O)O)c1coc2cccnc12. The molecule has 0 radical (unpaired) electrons. The van der Waals surface area contributed by atoms with Crippen LogP contribution in [-0.2, 0) is 4.79 Å². The van der Waals surface area contributed by atoms with Crippen LogP contribution in [0.25, 0.3) is 11.1 Å². The van der Waals surface area contributed by atoms with Crippen molar-refractivity contribution in [1.82, 2.24) is 4.98 Å². The van der Waals surface area contributed by atoms with E-state index in [0.717, 1.165) is 0 Å². The van der Waals surface area contributed by atoms with Crippen molar-refractivity contribution in [3.8, 4) is 0 Å². The van der Waals surface area contributed by atoms with Gasteiger partial charge in [-0.25, -0.2) is 0 Å². The third kappa shape index (κ3) is 1.23. The Kier molecular flexibility index (Phi) is 1.94. The predicted molar refractivity (Wildman–Crippen MR) is 48.6 cm³/mol. The molecule has 0 fully saturated rings. The zero-order valence-electron chi connectivity index (χ0n) is 7.18. The number of fused-ring (bicyclic) bond motifs is 1. The lowest BCUT2D eigenvalue weighted by molar-refractivity contribution is -0.138. The summed E-state index contributed by atoms with van der Waals surface area (Å²) in [4.78, 5) is 14.7. The number of carboxylic acid groups (broad SMARTS) is 1. The molecular weight excluding hydrogens is 184 g/mol. The van der Waals surface area contributed by atoms with Crippen LogP contribution >= 0.6 is 0 Å². The third-order valence-corrected chi connectivity index (χ3v) is 1.96. The van der Waals surface area contributed by atoms with Gasteiger partial charge >= 0.3 is 5.97 Å². The molecule has 1 unspecified atom stereocenters. The minimum absolute atomic E-state index is 0.396. The molecular formula is C9H8N2O3. The number of rotatable bonds is 2. The Labute approximate surface area is 79.2 Å². The summed E-state index contributed by atoms with van der Waals surface area (Å²) in [6, 6.07) is 2.33. The van der Waals surface area contributed by atoms with Gasteiger partial charge < -0.3 is 15.3 Å². The molecule has 14 heavy (non-hydrogen) atoms. The number of hydrogen-bond acceptors (Lipinski definition) is 4. The molecule has 0 bridgehead atoms. The monoisotopic (exact) mass is 192 g/mol. The summed E-state index contributed by atoms with van der Waals surface area (Å²) < 4.78 is 5.11. The number of aromatic nitrogens is 1. The van der Waals surface area contributed by atoms with Gasteiger partial charge in [0.25, 0.3) is 0 Å². The molecule has 2 aromatic rings. The van der Waals surface area contributed by atoms with Crippen LogP contribution in [0.2, 0.25) is 0 Å². The van der Waals surface area contributed by atoms with Gasteiger partial charge in [0, 0.05) is 11.8 Å². The molecule has 0 saturated heterocycles. The second-order valence-electron chi connectivity index (χ2n) is 2.86. The van der Waals surface area contributed by atoms with Crippen molar-refractivity contribution in [3.63, 3.8) is 0 Å². The van der Waals surface area contributed by atoms with Crippen molar-refractivity contribution in [3.05, 3.63) is 30.2 Å². The number of nitrogens with zero attached hydrogens (tertiary/aromatic N) is 1. The topological polar surface area (TPSA) is 89.4 Å². The lowest BCUT2D eigenvalue weighted by Crippen LogP contribution is -2.20. The molecule has 5 heteroatoms. The van der Waals surface area contributed by atoms with Crippen LogP contribution < -0.4 is 5.73 Å². The van der Waals surface area contributed by atoms with Crippen molar-refractivity contribution >= 4 is 17.1 Å². The van der Waals surface area contributed by atoms with Gasteiger partial charge in [0.1, 0.15) is 11.6 Å². The number of pyridine rings is 1. The lowest BCUT2D eigenvalue weighted by atomic mass is 10.1. The van der Waals surface area contributed by atoms with Gasteiger partial charge in [-0.3, -0.25) is 9.78 Å². The molecule has 0 aliphatic heterocycles. The smallest absolute Gasteiger partial charge is 0.325 e. The van der Waals surface area contributed by atoms with Crippen LogP contribution in [0, 0.1) is 0 Å². The van der Waals surface area contributed by atoms with E-state index in [1.807, 2.05) is 0 Å². The first-order valence-electron chi connectivity index (χ1n) is 4.00. The van der Waals surface area contributed by atoms with Crippen molar-refractivity contribution in [2.24, 2.45) is 5.73 Å². The molecule has 0 spiro atoms.